The van der Waals surface area contributed by atoms with Gasteiger partial charge >= 0.3 is 18.2 Å². The summed E-state index contributed by atoms with van der Waals surface area (Å²) in [6.45, 7) is 12.6. The van der Waals surface area contributed by atoms with Gasteiger partial charge in [-0.1, -0.05) is 175 Å². The number of amides is 8. The lowest BCUT2D eigenvalue weighted by atomic mass is 9.84. The molecule has 2 aliphatic carbocycles. The number of alkyl carbamates (subject to hydrolysis) is 1. The van der Waals surface area contributed by atoms with Gasteiger partial charge in [-0.3, -0.25) is 33.4 Å². The lowest BCUT2D eigenvalue weighted by molar-refractivity contribution is -0.152. The third-order valence-corrected chi connectivity index (χ3v) is 19.6. The van der Waals surface area contributed by atoms with Crippen molar-refractivity contribution in [2.24, 2.45) is 10.8 Å². The molecular weight excluding hydrogens is 1210 g/mol. The molecule has 5 N–H and O–H groups in total. The van der Waals surface area contributed by atoms with E-state index in [1.165, 1.54) is 23.4 Å². The summed E-state index contributed by atoms with van der Waals surface area (Å²) in [5, 5.41) is 22.4. The maximum absolute atomic E-state index is 16.1. The Balaban J connectivity index is 0.851. The van der Waals surface area contributed by atoms with Crippen LogP contribution < -0.4 is 21.3 Å². The number of hydrogen-bond acceptors (Lipinski definition) is 10. The van der Waals surface area contributed by atoms with Crippen LogP contribution in [0.5, 0.6) is 0 Å². The highest BCUT2D eigenvalue weighted by Gasteiger charge is 2.48. The topological polar surface area (TPSA) is 241 Å². The van der Waals surface area contributed by atoms with Gasteiger partial charge in [0.05, 0.1) is 30.2 Å². The Morgan fingerprint density at radius 3 is 1.94 bits per heavy atom. The number of fused-ring (bicyclic) bond motifs is 6. The fourth-order valence-corrected chi connectivity index (χ4v) is 14.2. The summed E-state index contributed by atoms with van der Waals surface area (Å²) in [5.74, 6) is -2.64. The second kappa shape index (κ2) is 28.2. The number of rotatable bonds is 18. The number of carboxylic acid groups (broad SMARTS) is 1. The van der Waals surface area contributed by atoms with Gasteiger partial charge in [0.2, 0.25) is 29.5 Å². The van der Waals surface area contributed by atoms with Crippen molar-refractivity contribution in [3.63, 3.8) is 0 Å². The number of aromatic nitrogens is 1. The third kappa shape index (κ3) is 14.2. The maximum atomic E-state index is 16.1. The van der Waals surface area contributed by atoms with Crippen LogP contribution in [0, 0.1) is 10.8 Å². The molecule has 1 fully saturated rings. The van der Waals surface area contributed by atoms with Crippen LogP contribution >= 0.6 is 0 Å². The van der Waals surface area contributed by atoms with Crippen molar-refractivity contribution in [2.75, 3.05) is 33.9 Å². The van der Waals surface area contributed by atoms with Crippen LogP contribution in [0.3, 0.4) is 0 Å². The van der Waals surface area contributed by atoms with Gasteiger partial charge in [-0.05, 0) is 117 Å². The van der Waals surface area contributed by atoms with Gasteiger partial charge in [-0.2, -0.15) is 0 Å². The summed E-state index contributed by atoms with van der Waals surface area (Å²) in [6, 6.07) is 41.1. The number of nitrogens with one attached hydrogen (secondary N) is 4. The van der Waals surface area contributed by atoms with Crippen molar-refractivity contribution in [2.45, 2.75) is 148 Å². The maximum Gasteiger partial charge on any atom is 0.407 e. The predicted molar refractivity (Wildman–Crippen MR) is 364 cm³/mol. The van der Waals surface area contributed by atoms with Crippen molar-refractivity contribution in [1.29, 1.82) is 0 Å². The Morgan fingerprint density at radius 2 is 1.28 bits per heavy atom. The number of hydrogen-bond donors (Lipinski definition) is 5. The molecule has 1 saturated heterocycles. The number of methoxy groups -OCH3 is 1. The SMILES string of the molecule is COC[C@H](c1ccccc1)N(Cc1ccc2c(ccn2C(=O)N[C@H]2C[C@@H](C(=O)N[C@@H]3CCCc4ccccc43)N(C(=O)[C@@H](NC(=O)[C@H](C)N(C)C(=O)O)C(C)(C)C)C2)c1)C(=O)[C@@H]1Cc2ccccc2CN1C(=O)[C@@H](NC(=O)OCC1c2ccccc2-c2ccccc21)C(C)(C)C. The predicted octanol–water partition coefficient (Wildman–Crippen LogP) is 10.5. The lowest BCUT2D eigenvalue weighted by Gasteiger charge is -2.43. The summed E-state index contributed by atoms with van der Waals surface area (Å²) in [4.78, 5) is 121. The molecule has 7 aromatic rings. The van der Waals surface area contributed by atoms with Crippen molar-refractivity contribution in [3.05, 3.63) is 202 Å². The zero-order valence-corrected chi connectivity index (χ0v) is 56.0. The highest BCUT2D eigenvalue weighted by molar-refractivity contribution is 5.97. The van der Waals surface area contributed by atoms with E-state index >= 15 is 14.4 Å². The highest BCUT2D eigenvalue weighted by Crippen LogP contribution is 2.45. The van der Waals surface area contributed by atoms with E-state index in [2.05, 4.69) is 33.4 Å². The van der Waals surface area contributed by atoms with Crippen LogP contribution in [-0.4, -0.2) is 147 Å². The van der Waals surface area contributed by atoms with Gasteiger partial charge in [-0.25, -0.2) is 14.4 Å². The first-order chi connectivity index (χ1) is 45.9. The molecule has 20 heteroatoms. The van der Waals surface area contributed by atoms with Crippen LogP contribution in [0.1, 0.15) is 130 Å². The third-order valence-electron chi connectivity index (χ3n) is 19.6. The number of benzene rings is 6. The number of ether oxygens (including phenoxy) is 2. The Kier molecular flexibility index (Phi) is 19.9. The van der Waals surface area contributed by atoms with E-state index in [1.807, 2.05) is 148 Å². The number of nitrogens with zero attached hydrogens (tertiary/aromatic N) is 5. The fraction of sp³-hybridized carbons (Fsp3) is 0.395. The van der Waals surface area contributed by atoms with Crippen molar-refractivity contribution < 1.29 is 52.9 Å². The number of likely N-dealkylation sites (N-methyl/N-ethyl adjacent to an activating group) is 1. The van der Waals surface area contributed by atoms with Gasteiger partial charge in [0.1, 0.15) is 36.8 Å². The molecule has 1 aromatic heterocycles. The summed E-state index contributed by atoms with van der Waals surface area (Å²) in [7, 11) is 2.85. The van der Waals surface area contributed by atoms with E-state index in [-0.39, 0.29) is 63.6 Å². The molecule has 0 bridgehead atoms. The highest BCUT2D eigenvalue weighted by atomic mass is 16.5. The molecule has 11 rings (SSSR count). The first-order valence-electron chi connectivity index (χ1n) is 33.1. The molecule has 0 unspecified atom stereocenters. The molecule has 6 aromatic carbocycles. The number of aryl methyl sites for hydroxylation is 1. The smallest absolute Gasteiger partial charge is 0.407 e. The van der Waals surface area contributed by atoms with Crippen molar-refractivity contribution in [3.8, 4) is 11.1 Å². The van der Waals surface area contributed by atoms with E-state index < -0.39 is 95.0 Å². The van der Waals surface area contributed by atoms with Crippen LogP contribution in [0.25, 0.3) is 22.0 Å². The van der Waals surface area contributed by atoms with Crippen LogP contribution in [0.2, 0.25) is 0 Å². The van der Waals surface area contributed by atoms with Crippen LogP contribution in [0.4, 0.5) is 14.4 Å². The molecule has 8 atom stereocenters. The normalized spacial score (nSPS) is 18.7. The van der Waals surface area contributed by atoms with Crippen molar-refractivity contribution in [1.82, 2.24) is 45.4 Å². The Morgan fingerprint density at radius 1 is 0.677 bits per heavy atom. The van der Waals surface area contributed by atoms with Gasteiger partial charge < -0.3 is 50.5 Å². The van der Waals surface area contributed by atoms with E-state index in [1.54, 1.807) is 56.0 Å². The molecule has 3 heterocycles. The average molecular weight is 1300 g/mol. The molecular formula is C76H87N9O11. The first-order valence-corrected chi connectivity index (χ1v) is 33.1. The largest absolute Gasteiger partial charge is 0.465 e. The van der Waals surface area contributed by atoms with E-state index in [9.17, 15) is 29.1 Å². The number of carbonyl (C=O) groups excluding carboxylic acids is 7. The molecule has 4 aliphatic rings. The molecule has 502 valence electrons. The molecule has 2 aliphatic heterocycles. The molecule has 20 nitrogen and oxygen atoms in total. The summed E-state index contributed by atoms with van der Waals surface area (Å²) in [5.41, 5.74) is 8.54. The zero-order chi connectivity index (χ0) is 68.3. The monoisotopic (exact) mass is 1300 g/mol. The van der Waals surface area contributed by atoms with Crippen LogP contribution in [0.15, 0.2) is 158 Å². The first kappa shape index (κ1) is 67.6. The van der Waals surface area contributed by atoms with Crippen LogP contribution in [-0.2, 0) is 59.4 Å². The molecule has 0 saturated carbocycles. The quantitative estimate of drug-likeness (QED) is 0.0541. The summed E-state index contributed by atoms with van der Waals surface area (Å²) >= 11 is 0. The summed E-state index contributed by atoms with van der Waals surface area (Å²) < 4.78 is 13.4. The van der Waals surface area contributed by atoms with Gasteiger partial charge in [0.25, 0.3) is 0 Å². The Bertz CT molecular complexity index is 4040. The Labute approximate surface area is 560 Å². The number of carbonyl (C=O) groups is 8. The molecule has 8 amide bonds. The average Bonchev–Trinajstić information content (AvgIpc) is 1.25. The minimum atomic E-state index is -1.32. The van der Waals surface area contributed by atoms with E-state index in [0.29, 0.717) is 22.9 Å². The minimum absolute atomic E-state index is 0.0471. The fourth-order valence-electron chi connectivity index (χ4n) is 14.2. The van der Waals surface area contributed by atoms with Gasteiger partial charge in [0.15, 0.2) is 0 Å². The van der Waals surface area contributed by atoms with Crippen molar-refractivity contribution >= 4 is 58.7 Å². The van der Waals surface area contributed by atoms with Gasteiger partial charge in [0, 0.05) is 57.7 Å². The molecule has 96 heavy (non-hydrogen) atoms. The minimum Gasteiger partial charge on any atom is -0.465 e. The van der Waals surface area contributed by atoms with E-state index in [4.69, 9.17) is 9.47 Å². The summed E-state index contributed by atoms with van der Waals surface area (Å²) in [6.07, 6.45) is 2.23. The standard InChI is InChI=1S/C76H87N9O11/c1-46(81(8)74(93)94)67(86)79-65(75(2,3)4)70(89)85-43-53(40-62(85)68(87)78-60-33-21-27-48-22-15-16-28-54(48)60)77-72(91)82-37-36-51-38-47(34-35-61(51)82)41-83(64(45-95-9)49-23-11-10-12-24-49)69(88)63-39-50-25-13-14-26-52(50)42-84(63)71(90)66(76(5,6)7)80-73(92)96-44-59-57-31-19-17-29-55(57)56-30-18-20-32-58(56)59/h10-20,22-26,28-32,34-38,46,53,59-60,62-66H,21,27,33,39-45H2,1-9H3,(H,77,91)(H,78,87)(H,79,86)(H,80,92)(H,93,94)/t46-,53-,60+,62-,63-,64+,65+,66+/m0/s1. The van der Waals surface area contributed by atoms with Gasteiger partial charge in [-0.15, -0.1) is 0 Å². The Hall–Kier alpha value is -9.82. The zero-order valence-electron chi connectivity index (χ0n) is 56.0. The molecule has 0 radical (unpaired) electrons. The number of likely N-dealkylation sites (tertiary alicyclic amines) is 1. The second-order valence-corrected chi connectivity index (χ2v) is 28.1. The van der Waals surface area contributed by atoms with E-state index in [0.717, 1.165) is 67.8 Å². The molecule has 0 spiro atoms. The lowest BCUT2D eigenvalue weighted by Crippen LogP contribution is -2.61. The second-order valence-electron chi connectivity index (χ2n) is 28.1.